The van der Waals surface area contributed by atoms with Crippen molar-refractivity contribution in [2.24, 2.45) is 5.92 Å². The second-order valence-corrected chi connectivity index (χ2v) is 5.45. The Kier molecular flexibility index (Phi) is 5.30. The van der Waals surface area contributed by atoms with Crippen LogP contribution in [0.5, 0.6) is 0 Å². The van der Waals surface area contributed by atoms with Crippen LogP contribution >= 0.6 is 0 Å². The van der Waals surface area contributed by atoms with E-state index in [9.17, 15) is 18.4 Å². The van der Waals surface area contributed by atoms with Gasteiger partial charge in [-0.15, -0.1) is 0 Å². The zero-order valence-electron chi connectivity index (χ0n) is 11.9. The first kappa shape index (κ1) is 16.2. The first-order chi connectivity index (χ1) is 10.5. The highest BCUT2D eigenvalue weighted by Gasteiger charge is 2.26. The number of carbonyl (C=O) groups is 2. The fourth-order valence-corrected chi connectivity index (χ4v) is 2.56. The number of nitrogens with one attached hydrogen (secondary N) is 2. The summed E-state index contributed by atoms with van der Waals surface area (Å²) in [4.78, 5) is 22.6. The molecule has 5 nitrogen and oxygen atoms in total. The molecule has 0 radical (unpaired) electrons. The summed E-state index contributed by atoms with van der Waals surface area (Å²) < 4.78 is 26.2. The van der Waals surface area contributed by atoms with Crippen molar-refractivity contribution in [1.29, 1.82) is 0 Å². The van der Waals surface area contributed by atoms with Crippen molar-refractivity contribution in [2.45, 2.75) is 38.3 Å². The van der Waals surface area contributed by atoms with Gasteiger partial charge in [0.1, 0.15) is 11.6 Å². The summed E-state index contributed by atoms with van der Waals surface area (Å²) in [6.07, 6.45) is 2.28. The van der Waals surface area contributed by atoms with Crippen LogP contribution in [-0.2, 0) is 11.3 Å². The quantitative estimate of drug-likeness (QED) is 0.799. The molecule has 0 saturated heterocycles. The lowest BCUT2D eigenvalue weighted by Gasteiger charge is -2.26. The Morgan fingerprint density at radius 3 is 2.45 bits per heavy atom. The molecule has 0 atom stereocenters. The van der Waals surface area contributed by atoms with Gasteiger partial charge < -0.3 is 15.7 Å². The minimum atomic E-state index is -0.797. The number of halogens is 2. The molecule has 0 unspecified atom stereocenters. The van der Waals surface area contributed by atoms with Crippen molar-refractivity contribution in [3.8, 4) is 0 Å². The van der Waals surface area contributed by atoms with Gasteiger partial charge in [-0.1, -0.05) is 6.07 Å². The van der Waals surface area contributed by atoms with Gasteiger partial charge in [0.25, 0.3) is 0 Å². The van der Waals surface area contributed by atoms with Crippen molar-refractivity contribution in [3.63, 3.8) is 0 Å². The van der Waals surface area contributed by atoms with Gasteiger partial charge >= 0.3 is 12.0 Å². The molecule has 1 aliphatic carbocycles. The third kappa shape index (κ3) is 4.41. The van der Waals surface area contributed by atoms with E-state index in [0.29, 0.717) is 25.7 Å². The monoisotopic (exact) mass is 312 g/mol. The third-order valence-corrected chi connectivity index (χ3v) is 3.87. The Balaban J connectivity index is 1.75. The second-order valence-electron chi connectivity index (χ2n) is 5.45. The van der Waals surface area contributed by atoms with Crippen LogP contribution in [0.25, 0.3) is 0 Å². The molecule has 0 aromatic heterocycles. The van der Waals surface area contributed by atoms with Crippen molar-refractivity contribution < 1.29 is 23.5 Å². The van der Waals surface area contributed by atoms with Crippen LogP contribution in [0.3, 0.4) is 0 Å². The Morgan fingerprint density at radius 1 is 1.18 bits per heavy atom. The topological polar surface area (TPSA) is 78.4 Å². The van der Waals surface area contributed by atoms with Crippen molar-refractivity contribution >= 4 is 12.0 Å². The molecule has 7 heteroatoms. The maximum absolute atomic E-state index is 13.4. The summed E-state index contributed by atoms with van der Waals surface area (Å²) in [5, 5.41) is 14.2. The van der Waals surface area contributed by atoms with E-state index in [-0.39, 0.29) is 24.1 Å². The predicted molar refractivity (Wildman–Crippen MR) is 75.1 cm³/mol. The summed E-state index contributed by atoms with van der Waals surface area (Å²) in [6.45, 7) is -0.0393. The molecule has 1 aromatic carbocycles. The first-order valence-corrected chi connectivity index (χ1v) is 7.17. The molecule has 0 aliphatic heterocycles. The van der Waals surface area contributed by atoms with E-state index >= 15 is 0 Å². The fraction of sp³-hybridized carbons (Fsp3) is 0.467. The standard InChI is InChI=1S/C15H18F2N2O3/c16-11-4-1-10(13(17)7-11)8-18-15(22)19-12-5-2-9(3-6-12)14(20)21/h1,4,7,9,12H,2-3,5-6,8H2,(H,20,21)(H2,18,19,22). The number of carboxylic acid groups (broad SMARTS) is 1. The number of rotatable bonds is 4. The highest BCUT2D eigenvalue weighted by molar-refractivity contribution is 5.74. The van der Waals surface area contributed by atoms with E-state index in [4.69, 9.17) is 5.11 Å². The van der Waals surface area contributed by atoms with Crippen LogP contribution in [-0.4, -0.2) is 23.1 Å². The minimum absolute atomic E-state index is 0.0393. The van der Waals surface area contributed by atoms with Crippen LogP contribution in [0.4, 0.5) is 13.6 Å². The predicted octanol–water partition coefficient (Wildman–Crippen LogP) is 2.41. The highest BCUT2D eigenvalue weighted by Crippen LogP contribution is 2.24. The molecule has 3 N–H and O–H groups in total. The van der Waals surface area contributed by atoms with E-state index in [2.05, 4.69) is 10.6 Å². The van der Waals surface area contributed by atoms with E-state index in [1.807, 2.05) is 0 Å². The van der Waals surface area contributed by atoms with Crippen LogP contribution in [0.15, 0.2) is 18.2 Å². The molecule has 2 rings (SSSR count). The van der Waals surface area contributed by atoms with Crippen LogP contribution in [0.1, 0.15) is 31.2 Å². The summed E-state index contributed by atoms with van der Waals surface area (Å²) in [7, 11) is 0. The zero-order chi connectivity index (χ0) is 16.1. The van der Waals surface area contributed by atoms with Gasteiger partial charge in [-0.2, -0.15) is 0 Å². The molecule has 1 saturated carbocycles. The molecule has 22 heavy (non-hydrogen) atoms. The molecule has 1 fully saturated rings. The number of benzene rings is 1. The number of carboxylic acids is 1. The number of carbonyl (C=O) groups excluding carboxylic acids is 1. The Bertz CT molecular complexity index is 558. The molecular weight excluding hydrogens is 294 g/mol. The van der Waals surface area contributed by atoms with Crippen molar-refractivity contribution in [3.05, 3.63) is 35.4 Å². The molecule has 1 aliphatic rings. The average Bonchev–Trinajstić information content (AvgIpc) is 2.47. The minimum Gasteiger partial charge on any atom is -0.481 e. The summed E-state index contributed by atoms with van der Waals surface area (Å²) >= 11 is 0. The summed E-state index contributed by atoms with van der Waals surface area (Å²) in [5.41, 5.74) is 0.200. The summed E-state index contributed by atoms with van der Waals surface area (Å²) in [6, 6.07) is 2.66. The van der Waals surface area contributed by atoms with Gasteiger partial charge in [-0.3, -0.25) is 4.79 Å². The third-order valence-electron chi connectivity index (χ3n) is 3.87. The van der Waals surface area contributed by atoms with Gasteiger partial charge in [-0.05, 0) is 31.7 Å². The van der Waals surface area contributed by atoms with E-state index in [1.54, 1.807) is 0 Å². The lowest BCUT2D eigenvalue weighted by Crippen LogP contribution is -2.44. The maximum atomic E-state index is 13.4. The highest BCUT2D eigenvalue weighted by atomic mass is 19.1. The zero-order valence-corrected chi connectivity index (χ0v) is 11.9. The average molecular weight is 312 g/mol. The van der Waals surface area contributed by atoms with Gasteiger partial charge in [0.15, 0.2) is 0 Å². The van der Waals surface area contributed by atoms with Crippen LogP contribution in [0.2, 0.25) is 0 Å². The smallest absolute Gasteiger partial charge is 0.315 e. The number of hydrogen-bond acceptors (Lipinski definition) is 2. The normalized spacial score (nSPS) is 21.2. The molecule has 0 bridgehead atoms. The van der Waals surface area contributed by atoms with Gasteiger partial charge in [0.05, 0.1) is 5.92 Å². The van der Waals surface area contributed by atoms with E-state index < -0.39 is 23.6 Å². The SMILES string of the molecule is O=C(NCc1ccc(F)cc1F)NC1CCC(C(=O)O)CC1. The van der Waals surface area contributed by atoms with Crippen molar-refractivity contribution in [1.82, 2.24) is 10.6 Å². The Hall–Kier alpha value is -2.18. The van der Waals surface area contributed by atoms with Gasteiger partial charge in [0, 0.05) is 24.2 Å². The van der Waals surface area contributed by atoms with Gasteiger partial charge in [-0.25, -0.2) is 13.6 Å². The molecular formula is C15H18F2N2O3. The van der Waals surface area contributed by atoms with E-state index in [0.717, 1.165) is 12.1 Å². The van der Waals surface area contributed by atoms with Crippen LogP contribution < -0.4 is 10.6 Å². The Morgan fingerprint density at radius 2 is 1.86 bits per heavy atom. The number of hydrogen-bond donors (Lipinski definition) is 3. The van der Waals surface area contributed by atoms with E-state index in [1.165, 1.54) is 6.07 Å². The largest absolute Gasteiger partial charge is 0.481 e. The Labute approximate surface area is 126 Å². The van der Waals surface area contributed by atoms with Gasteiger partial charge in [0.2, 0.25) is 0 Å². The molecule has 0 heterocycles. The number of aliphatic carboxylic acids is 1. The second kappa shape index (κ2) is 7.20. The lowest BCUT2D eigenvalue weighted by atomic mass is 9.86. The first-order valence-electron chi connectivity index (χ1n) is 7.17. The molecule has 0 spiro atoms. The number of amides is 2. The lowest BCUT2D eigenvalue weighted by molar-refractivity contribution is -0.142. The molecule has 1 aromatic rings. The van der Waals surface area contributed by atoms with Crippen molar-refractivity contribution in [2.75, 3.05) is 0 Å². The number of urea groups is 1. The molecule has 2 amide bonds. The fourth-order valence-electron chi connectivity index (χ4n) is 2.56. The molecule has 120 valence electrons. The van der Waals surface area contributed by atoms with Crippen LogP contribution in [0, 0.1) is 17.6 Å². The summed E-state index contributed by atoms with van der Waals surface area (Å²) in [5.74, 6) is -2.51. The maximum Gasteiger partial charge on any atom is 0.315 e.